The van der Waals surface area contributed by atoms with Crippen molar-refractivity contribution in [2.24, 2.45) is 0 Å². The van der Waals surface area contributed by atoms with E-state index in [0.29, 0.717) is 22.7 Å². The van der Waals surface area contributed by atoms with Gasteiger partial charge in [-0.05, 0) is 51.0 Å². The second kappa shape index (κ2) is 5.47. The van der Waals surface area contributed by atoms with E-state index in [1.165, 1.54) is 0 Å². The number of benzene rings is 3. The summed E-state index contributed by atoms with van der Waals surface area (Å²) in [5, 5.41) is 11.3. The van der Waals surface area contributed by atoms with E-state index >= 15 is 0 Å². The van der Waals surface area contributed by atoms with Crippen molar-refractivity contribution in [1.29, 1.82) is 5.26 Å². The first kappa shape index (κ1) is 13.5. The molecule has 0 aromatic heterocycles. The highest BCUT2D eigenvalue weighted by Crippen LogP contribution is 2.36. The number of rotatable bonds is 2. The number of fused-ring (bicyclic) bond motifs is 1. The molecule has 0 bridgehead atoms. The van der Waals surface area contributed by atoms with Crippen LogP contribution >= 0.6 is 15.9 Å². The third-order valence-electron chi connectivity index (χ3n) is 3.17. The number of nitrogens with zero attached hydrogens (tertiary/aromatic N) is 1. The molecule has 0 saturated carbocycles. The molecule has 0 saturated heterocycles. The number of hydrogen-bond donors (Lipinski definition) is 1. The fraction of sp³-hybridized carbons (Fsp3) is 0. The van der Waals surface area contributed by atoms with Crippen LogP contribution in [0.1, 0.15) is 5.56 Å². The maximum absolute atomic E-state index is 9.16. The van der Waals surface area contributed by atoms with Gasteiger partial charge < -0.3 is 10.5 Å². The Labute approximate surface area is 130 Å². The Morgan fingerprint density at radius 3 is 2.57 bits per heavy atom. The molecule has 0 aliphatic rings. The van der Waals surface area contributed by atoms with E-state index in [-0.39, 0.29) is 0 Å². The predicted molar refractivity (Wildman–Crippen MR) is 87.3 cm³/mol. The second-order valence-electron chi connectivity index (χ2n) is 4.57. The molecule has 0 unspecified atom stereocenters. The minimum atomic E-state index is 0.412. The molecule has 3 rings (SSSR count). The van der Waals surface area contributed by atoms with Crippen LogP contribution < -0.4 is 10.5 Å². The monoisotopic (exact) mass is 338 g/mol. The maximum Gasteiger partial charge on any atom is 0.145 e. The summed E-state index contributed by atoms with van der Waals surface area (Å²) in [6.07, 6.45) is 0. The minimum absolute atomic E-state index is 0.412. The van der Waals surface area contributed by atoms with Gasteiger partial charge in [0.05, 0.1) is 10.0 Å². The lowest BCUT2D eigenvalue weighted by Crippen LogP contribution is -1.92. The maximum atomic E-state index is 9.16. The van der Waals surface area contributed by atoms with E-state index < -0.39 is 0 Å². The van der Waals surface area contributed by atoms with Gasteiger partial charge >= 0.3 is 0 Å². The van der Waals surface area contributed by atoms with Crippen LogP contribution in [0.3, 0.4) is 0 Å². The van der Waals surface area contributed by atoms with Gasteiger partial charge in [0, 0.05) is 5.69 Å². The third kappa shape index (κ3) is 2.56. The molecule has 3 aromatic rings. The van der Waals surface area contributed by atoms with Crippen LogP contribution in [0.4, 0.5) is 5.69 Å². The van der Waals surface area contributed by atoms with Crippen LogP contribution in [-0.2, 0) is 0 Å². The molecule has 4 heteroatoms. The number of nitrogens with two attached hydrogens (primary N) is 1. The SMILES string of the molecule is N#Cc1cc(N)ccc1Oc1ccc2ccccc2c1Br. The summed E-state index contributed by atoms with van der Waals surface area (Å²) >= 11 is 3.57. The predicted octanol–water partition coefficient (Wildman–Crippen LogP) is 4.85. The summed E-state index contributed by atoms with van der Waals surface area (Å²) in [6.45, 7) is 0. The first-order chi connectivity index (χ1) is 10.2. The first-order valence-corrected chi connectivity index (χ1v) is 7.13. The summed E-state index contributed by atoms with van der Waals surface area (Å²) in [5.41, 5.74) is 6.64. The third-order valence-corrected chi connectivity index (χ3v) is 3.99. The van der Waals surface area contributed by atoms with Gasteiger partial charge in [-0.1, -0.05) is 30.3 Å². The molecule has 2 N–H and O–H groups in total. The van der Waals surface area contributed by atoms with Crippen LogP contribution in [0, 0.1) is 11.3 Å². The molecule has 3 nitrogen and oxygen atoms in total. The van der Waals surface area contributed by atoms with Gasteiger partial charge in [0.2, 0.25) is 0 Å². The zero-order valence-corrected chi connectivity index (χ0v) is 12.6. The van der Waals surface area contributed by atoms with E-state index in [2.05, 4.69) is 22.0 Å². The zero-order valence-electron chi connectivity index (χ0n) is 11.0. The van der Waals surface area contributed by atoms with Gasteiger partial charge in [0.25, 0.3) is 0 Å². The normalized spacial score (nSPS) is 10.3. The Kier molecular flexibility index (Phi) is 3.51. The van der Waals surface area contributed by atoms with E-state index in [9.17, 15) is 0 Å². The number of hydrogen-bond acceptors (Lipinski definition) is 3. The smallest absolute Gasteiger partial charge is 0.145 e. The molecule has 0 aliphatic carbocycles. The summed E-state index contributed by atoms with van der Waals surface area (Å²) in [7, 11) is 0. The van der Waals surface area contributed by atoms with Crippen LogP contribution in [-0.4, -0.2) is 0 Å². The highest BCUT2D eigenvalue weighted by molar-refractivity contribution is 9.10. The minimum Gasteiger partial charge on any atom is -0.455 e. The largest absolute Gasteiger partial charge is 0.455 e. The van der Waals surface area contributed by atoms with Gasteiger partial charge in [-0.3, -0.25) is 0 Å². The van der Waals surface area contributed by atoms with E-state index in [1.54, 1.807) is 18.2 Å². The number of ether oxygens (including phenoxy) is 1. The summed E-state index contributed by atoms with van der Waals surface area (Å²) in [4.78, 5) is 0. The molecule has 3 aromatic carbocycles. The number of nitriles is 1. The molecule has 0 heterocycles. The van der Waals surface area contributed by atoms with Gasteiger partial charge in [0.15, 0.2) is 0 Å². The van der Waals surface area contributed by atoms with E-state index in [4.69, 9.17) is 15.7 Å². The molecular weight excluding hydrogens is 328 g/mol. The van der Waals surface area contributed by atoms with Crippen molar-refractivity contribution in [1.82, 2.24) is 0 Å². The second-order valence-corrected chi connectivity index (χ2v) is 5.36. The van der Waals surface area contributed by atoms with Crippen LogP contribution in [0.2, 0.25) is 0 Å². The Morgan fingerprint density at radius 2 is 1.76 bits per heavy atom. The van der Waals surface area contributed by atoms with Crippen molar-refractivity contribution in [3.8, 4) is 17.6 Å². The zero-order chi connectivity index (χ0) is 14.8. The summed E-state index contributed by atoms with van der Waals surface area (Å²) in [6, 6.07) is 19.0. The molecule has 0 spiro atoms. The Morgan fingerprint density at radius 1 is 1.00 bits per heavy atom. The molecule has 0 radical (unpaired) electrons. The standard InChI is InChI=1S/C17H11BrN2O/c18-17-14-4-2-1-3-11(14)5-7-16(17)21-15-8-6-13(20)9-12(15)10-19/h1-9H,20H2. The highest BCUT2D eigenvalue weighted by Gasteiger charge is 2.10. The average Bonchev–Trinajstić information content (AvgIpc) is 2.51. The van der Waals surface area contributed by atoms with Crippen molar-refractivity contribution in [2.75, 3.05) is 5.73 Å². The van der Waals surface area contributed by atoms with Crippen molar-refractivity contribution >= 4 is 32.4 Å². The lowest BCUT2D eigenvalue weighted by atomic mass is 10.1. The van der Waals surface area contributed by atoms with Gasteiger partial charge in [-0.15, -0.1) is 0 Å². The summed E-state index contributed by atoms with van der Waals surface area (Å²) in [5.74, 6) is 1.15. The number of nitrogen functional groups attached to an aromatic ring is 1. The highest BCUT2D eigenvalue weighted by atomic mass is 79.9. The molecular formula is C17H11BrN2O. The fourth-order valence-electron chi connectivity index (χ4n) is 2.13. The number of halogens is 1. The Hall–Kier alpha value is -2.51. The first-order valence-electron chi connectivity index (χ1n) is 6.34. The molecule has 21 heavy (non-hydrogen) atoms. The average molecular weight is 339 g/mol. The lowest BCUT2D eigenvalue weighted by molar-refractivity contribution is 0.479. The molecule has 0 amide bonds. The van der Waals surface area contributed by atoms with Crippen molar-refractivity contribution < 1.29 is 4.74 Å². The van der Waals surface area contributed by atoms with Gasteiger partial charge in [-0.25, -0.2) is 0 Å². The van der Waals surface area contributed by atoms with Crippen LogP contribution in [0.15, 0.2) is 59.1 Å². The molecule has 0 fully saturated rings. The molecule has 0 aliphatic heterocycles. The van der Waals surface area contributed by atoms with Crippen molar-refractivity contribution in [2.45, 2.75) is 0 Å². The topological polar surface area (TPSA) is 59.0 Å². The van der Waals surface area contributed by atoms with Gasteiger partial charge in [-0.2, -0.15) is 5.26 Å². The quantitative estimate of drug-likeness (QED) is 0.679. The van der Waals surface area contributed by atoms with Gasteiger partial charge in [0.1, 0.15) is 17.6 Å². The van der Waals surface area contributed by atoms with E-state index in [0.717, 1.165) is 15.2 Å². The Balaban J connectivity index is 2.07. The van der Waals surface area contributed by atoms with E-state index in [1.807, 2.05) is 36.4 Å². The number of anilines is 1. The summed E-state index contributed by atoms with van der Waals surface area (Å²) < 4.78 is 6.73. The molecule has 102 valence electrons. The lowest BCUT2D eigenvalue weighted by Gasteiger charge is -2.11. The fourth-order valence-corrected chi connectivity index (χ4v) is 2.71. The van der Waals surface area contributed by atoms with Crippen molar-refractivity contribution in [3.05, 3.63) is 64.6 Å². The van der Waals surface area contributed by atoms with Crippen LogP contribution in [0.25, 0.3) is 10.8 Å². The van der Waals surface area contributed by atoms with Crippen LogP contribution in [0.5, 0.6) is 11.5 Å². The molecule has 0 atom stereocenters. The Bertz CT molecular complexity index is 868. The van der Waals surface area contributed by atoms with Crippen molar-refractivity contribution in [3.63, 3.8) is 0 Å².